The van der Waals surface area contributed by atoms with Crippen LogP contribution in [0.5, 0.6) is 0 Å². The summed E-state index contributed by atoms with van der Waals surface area (Å²) in [5.74, 6) is 0. The highest BCUT2D eigenvalue weighted by molar-refractivity contribution is 5.47. The second kappa shape index (κ2) is 3.85. The van der Waals surface area contributed by atoms with Crippen molar-refractivity contribution in [3.8, 4) is 0 Å². The van der Waals surface area contributed by atoms with Gasteiger partial charge in [0.25, 0.3) is 0 Å². The van der Waals surface area contributed by atoms with E-state index >= 15 is 0 Å². The standard InChI is InChI=1S/C7H12N2O2/c10-6-5-8-1-3-9(7-11)4-2-8/h5-7,10H,1-4H2. The van der Waals surface area contributed by atoms with E-state index in [4.69, 9.17) is 5.11 Å². The van der Waals surface area contributed by atoms with Crippen molar-refractivity contribution in [2.75, 3.05) is 26.2 Å². The van der Waals surface area contributed by atoms with Crippen LogP contribution in [0.25, 0.3) is 0 Å². The summed E-state index contributed by atoms with van der Waals surface area (Å²) in [6.07, 6.45) is 3.51. The molecule has 4 nitrogen and oxygen atoms in total. The second-order valence-corrected chi connectivity index (χ2v) is 2.48. The molecule has 62 valence electrons. The minimum Gasteiger partial charge on any atom is -0.514 e. The topological polar surface area (TPSA) is 43.8 Å². The number of hydrogen-bond donors (Lipinski definition) is 1. The Kier molecular flexibility index (Phi) is 2.77. The van der Waals surface area contributed by atoms with Gasteiger partial charge in [0.2, 0.25) is 6.41 Å². The summed E-state index contributed by atoms with van der Waals surface area (Å²) >= 11 is 0. The molecule has 1 fully saturated rings. The van der Waals surface area contributed by atoms with Gasteiger partial charge < -0.3 is 14.9 Å². The molecule has 1 aliphatic heterocycles. The minimum absolute atomic E-state index is 0.744. The van der Waals surface area contributed by atoms with Crippen molar-refractivity contribution < 1.29 is 9.90 Å². The predicted octanol–water partition coefficient (Wildman–Crippen LogP) is -0.210. The van der Waals surface area contributed by atoms with E-state index in [9.17, 15) is 4.79 Å². The van der Waals surface area contributed by atoms with Gasteiger partial charge in [-0.2, -0.15) is 0 Å². The molecule has 1 N–H and O–H groups in total. The smallest absolute Gasteiger partial charge is 0.209 e. The van der Waals surface area contributed by atoms with E-state index in [-0.39, 0.29) is 0 Å². The van der Waals surface area contributed by atoms with E-state index in [1.165, 1.54) is 0 Å². The first-order valence-electron chi connectivity index (χ1n) is 3.61. The fraction of sp³-hybridized carbons (Fsp3) is 0.571. The third kappa shape index (κ3) is 2.14. The lowest BCUT2D eigenvalue weighted by Gasteiger charge is -2.31. The molecule has 1 rings (SSSR count). The van der Waals surface area contributed by atoms with Crippen LogP contribution in [0.4, 0.5) is 0 Å². The highest BCUT2D eigenvalue weighted by Gasteiger charge is 2.11. The van der Waals surface area contributed by atoms with Crippen molar-refractivity contribution in [3.63, 3.8) is 0 Å². The number of piperazine rings is 1. The van der Waals surface area contributed by atoms with E-state index < -0.39 is 0 Å². The molecule has 0 aromatic carbocycles. The summed E-state index contributed by atoms with van der Waals surface area (Å²) in [6, 6.07) is 0. The first-order valence-corrected chi connectivity index (χ1v) is 3.61. The van der Waals surface area contributed by atoms with Crippen LogP contribution in [-0.2, 0) is 4.79 Å². The SMILES string of the molecule is O=CN1CCN(C=CO)CC1. The number of aliphatic hydroxyl groups excluding tert-OH is 1. The molecular weight excluding hydrogens is 144 g/mol. The summed E-state index contributed by atoms with van der Waals surface area (Å²) in [7, 11) is 0. The Morgan fingerprint density at radius 3 is 2.09 bits per heavy atom. The number of rotatable bonds is 2. The van der Waals surface area contributed by atoms with Gasteiger partial charge in [0.05, 0.1) is 6.26 Å². The zero-order valence-electron chi connectivity index (χ0n) is 6.31. The summed E-state index contributed by atoms with van der Waals surface area (Å²) in [5, 5.41) is 8.44. The number of hydrogen-bond acceptors (Lipinski definition) is 3. The molecular formula is C7H12N2O2. The number of carbonyl (C=O) groups excluding carboxylic acids is 1. The second-order valence-electron chi connectivity index (χ2n) is 2.48. The molecule has 0 radical (unpaired) electrons. The quantitative estimate of drug-likeness (QED) is 0.444. The lowest BCUT2D eigenvalue weighted by Crippen LogP contribution is -2.43. The molecule has 0 unspecified atom stereocenters. The van der Waals surface area contributed by atoms with Crippen LogP contribution in [0.1, 0.15) is 0 Å². The first kappa shape index (κ1) is 7.91. The maximum absolute atomic E-state index is 10.3. The number of nitrogens with zero attached hydrogens (tertiary/aromatic N) is 2. The van der Waals surface area contributed by atoms with Crippen molar-refractivity contribution in [2.24, 2.45) is 0 Å². The summed E-state index contributed by atoms with van der Waals surface area (Å²) in [6.45, 7) is 3.09. The molecule has 1 saturated heterocycles. The molecule has 4 heteroatoms. The Balaban J connectivity index is 2.29. The van der Waals surface area contributed by atoms with Gasteiger partial charge in [-0.15, -0.1) is 0 Å². The third-order valence-electron chi connectivity index (χ3n) is 1.78. The molecule has 1 heterocycles. The average Bonchev–Trinajstić information content (AvgIpc) is 2.07. The molecule has 0 saturated carbocycles. The van der Waals surface area contributed by atoms with E-state index in [0.29, 0.717) is 0 Å². The highest BCUT2D eigenvalue weighted by atomic mass is 16.2. The molecule has 0 bridgehead atoms. The molecule has 0 aliphatic carbocycles. The molecule has 0 spiro atoms. The Morgan fingerprint density at radius 1 is 1.09 bits per heavy atom. The van der Waals surface area contributed by atoms with Gasteiger partial charge in [0.1, 0.15) is 0 Å². The molecule has 0 aromatic heterocycles. The molecule has 0 atom stereocenters. The van der Waals surface area contributed by atoms with E-state index in [1.807, 2.05) is 4.90 Å². The number of amides is 1. The van der Waals surface area contributed by atoms with Gasteiger partial charge in [-0.05, 0) is 0 Å². The molecule has 1 amide bonds. The lowest BCUT2D eigenvalue weighted by atomic mass is 10.3. The van der Waals surface area contributed by atoms with Gasteiger partial charge in [-0.1, -0.05) is 0 Å². The normalized spacial score (nSPS) is 19.3. The van der Waals surface area contributed by atoms with Gasteiger partial charge >= 0.3 is 0 Å². The Bertz CT molecular complexity index is 151. The van der Waals surface area contributed by atoms with Crippen molar-refractivity contribution >= 4 is 6.41 Å². The Morgan fingerprint density at radius 2 is 1.64 bits per heavy atom. The molecule has 11 heavy (non-hydrogen) atoms. The number of carbonyl (C=O) groups is 1. The van der Waals surface area contributed by atoms with Gasteiger partial charge in [0.15, 0.2) is 0 Å². The van der Waals surface area contributed by atoms with Crippen molar-refractivity contribution in [2.45, 2.75) is 0 Å². The summed E-state index contributed by atoms with van der Waals surface area (Å²) in [4.78, 5) is 14.0. The fourth-order valence-electron chi connectivity index (χ4n) is 1.09. The molecule has 0 aromatic rings. The van der Waals surface area contributed by atoms with Crippen molar-refractivity contribution in [3.05, 3.63) is 12.5 Å². The maximum atomic E-state index is 10.3. The molecule has 1 aliphatic rings. The number of aliphatic hydroxyl groups is 1. The maximum Gasteiger partial charge on any atom is 0.209 e. The van der Waals surface area contributed by atoms with Crippen LogP contribution in [0.2, 0.25) is 0 Å². The van der Waals surface area contributed by atoms with Gasteiger partial charge in [0, 0.05) is 32.4 Å². The average molecular weight is 156 g/mol. The zero-order chi connectivity index (χ0) is 8.10. The van der Waals surface area contributed by atoms with Crippen molar-refractivity contribution in [1.29, 1.82) is 0 Å². The van der Waals surface area contributed by atoms with E-state index in [1.54, 1.807) is 11.1 Å². The Labute approximate surface area is 65.7 Å². The van der Waals surface area contributed by atoms with Crippen LogP contribution < -0.4 is 0 Å². The minimum atomic E-state index is 0.744. The lowest BCUT2D eigenvalue weighted by molar-refractivity contribution is -0.119. The van der Waals surface area contributed by atoms with Gasteiger partial charge in [-0.25, -0.2) is 0 Å². The predicted molar refractivity (Wildman–Crippen MR) is 41.0 cm³/mol. The van der Waals surface area contributed by atoms with Gasteiger partial charge in [-0.3, -0.25) is 4.79 Å². The fourth-order valence-corrected chi connectivity index (χ4v) is 1.09. The van der Waals surface area contributed by atoms with Crippen LogP contribution in [-0.4, -0.2) is 47.5 Å². The van der Waals surface area contributed by atoms with E-state index in [0.717, 1.165) is 38.9 Å². The van der Waals surface area contributed by atoms with Crippen LogP contribution in [0, 0.1) is 0 Å². The van der Waals surface area contributed by atoms with Crippen LogP contribution >= 0.6 is 0 Å². The van der Waals surface area contributed by atoms with E-state index in [2.05, 4.69) is 0 Å². The zero-order valence-corrected chi connectivity index (χ0v) is 6.31. The first-order chi connectivity index (χ1) is 5.36. The van der Waals surface area contributed by atoms with Crippen LogP contribution in [0.15, 0.2) is 12.5 Å². The monoisotopic (exact) mass is 156 g/mol. The third-order valence-corrected chi connectivity index (χ3v) is 1.78. The Hall–Kier alpha value is -1.19. The van der Waals surface area contributed by atoms with Crippen molar-refractivity contribution in [1.82, 2.24) is 9.80 Å². The largest absolute Gasteiger partial charge is 0.514 e. The summed E-state index contributed by atoms with van der Waals surface area (Å²) < 4.78 is 0. The van der Waals surface area contributed by atoms with Crippen LogP contribution in [0.3, 0.4) is 0 Å². The summed E-state index contributed by atoms with van der Waals surface area (Å²) in [5.41, 5.74) is 0. The highest BCUT2D eigenvalue weighted by Crippen LogP contribution is 1.98.